The summed E-state index contributed by atoms with van der Waals surface area (Å²) < 4.78 is 0. The average molecular weight is 230 g/mol. The molecule has 0 aliphatic rings. The summed E-state index contributed by atoms with van der Waals surface area (Å²) in [7, 11) is 0. The van der Waals surface area contributed by atoms with Crippen LogP contribution in [0.25, 0.3) is 10.8 Å². The highest BCUT2D eigenvalue weighted by molar-refractivity contribution is 5.93. The number of aryl methyl sites for hydroxylation is 1. The molecule has 0 fully saturated rings. The monoisotopic (exact) mass is 230 g/mol. The Morgan fingerprint density at radius 1 is 1.18 bits per heavy atom. The topological polar surface area (TPSA) is 55.0 Å². The van der Waals surface area contributed by atoms with Crippen LogP contribution in [0.3, 0.4) is 0 Å². The van der Waals surface area contributed by atoms with Gasteiger partial charge in [-0.1, -0.05) is 24.3 Å². The third kappa shape index (κ3) is 2.22. The lowest BCUT2D eigenvalue weighted by Gasteiger charge is -2.22. The molecule has 0 spiro atoms. The summed E-state index contributed by atoms with van der Waals surface area (Å²) >= 11 is 0. The Hall–Kier alpha value is -1.68. The molecule has 4 nitrogen and oxygen atoms in total. The van der Waals surface area contributed by atoms with Gasteiger partial charge in [-0.3, -0.25) is 0 Å². The number of hydrogen-bond donors (Lipinski definition) is 1. The predicted molar refractivity (Wildman–Crippen MR) is 71.2 cm³/mol. The highest BCUT2D eigenvalue weighted by atomic mass is 15.3. The van der Waals surface area contributed by atoms with Crippen molar-refractivity contribution in [1.29, 1.82) is 0 Å². The SMILES string of the molecule is CCN(CCN)c1nnc(C)c2ccccc12. The lowest BCUT2D eigenvalue weighted by molar-refractivity contribution is 0.791. The van der Waals surface area contributed by atoms with Gasteiger partial charge >= 0.3 is 0 Å². The van der Waals surface area contributed by atoms with Crippen LogP contribution < -0.4 is 10.6 Å². The summed E-state index contributed by atoms with van der Waals surface area (Å²) in [6.07, 6.45) is 0. The Balaban J connectivity index is 2.57. The van der Waals surface area contributed by atoms with Gasteiger partial charge in [0.15, 0.2) is 5.82 Å². The van der Waals surface area contributed by atoms with Gasteiger partial charge in [-0.15, -0.1) is 5.10 Å². The largest absolute Gasteiger partial charge is 0.354 e. The Labute approximate surface area is 101 Å². The van der Waals surface area contributed by atoms with E-state index in [1.54, 1.807) is 0 Å². The first-order chi connectivity index (χ1) is 8.27. The molecule has 1 aromatic carbocycles. The number of nitrogens with zero attached hydrogens (tertiary/aromatic N) is 3. The highest BCUT2D eigenvalue weighted by Crippen LogP contribution is 2.24. The zero-order valence-electron chi connectivity index (χ0n) is 10.3. The number of hydrogen-bond acceptors (Lipinski definition) is 4. The molecule has 2 aromatic rings. The fourth-order valence-corrected chi connectivity index (χ4v) is 2.03. The molecular formula is C13H18N4. The van der Waals surface area contributed by atoms with Crippen LogP contribution in [0.2, 0.25) is 0 Å². The molecule has 1 heterocycles. The van der Waals surface area contributed by atoms with Gasteiger partial charge in [0.1, 0.15) is 0 Å². The van der Waals surface area contributed by atoms with Crippen LogP contribution in [-0.2, 0) is 0 Å². The van der Waals surface area contributed by atoms with Crippen LogP contribution in [0.15, 0.2) is 24.3 Å². The molecule has 0 amide bonds. The van der Waals surface area contributed by atoms with Crippen LogP contribution >= 0.6 is 0 Å². The number of nitrogens with two attached hydrogens (primary N) is 1. The van der Waals surface area contributed by atoms with E-state index in [1.807, 2.05) is 19.1 Å². The molecular weight excluding hydrogens is 212 g/mol. The van der Waals surface area contributed by atoms with Crippen LogP contribution in [0.1, 0.15) is 12.6 Å². The summed E-state index contributed by atoms with van der Waals surface area (Å²) in [6, 6.07) is 8.23. The Kier molecular flexibility index (Phi) is 3.54. The van der Waals surface area contributed by atoms with Crippen molar-refractivity contribution in [1.82, 2.24) is 10.2 Å². The van der Waals surface area contributed by atoms with Crippen molar-refractivity contribution in [3.8, 4) is 0 Å². The second kappa shape index (κ2) is 5.10. The molecule has 0 bridgehead atoms. The molecule has 0 atom stereocenters. The maximum absolute atomic E-state index is 5.63. The lowest BCUT2D eigenvalue weighted by Crippen LogP contribution is -2.30. The molecule has 0 radical (unpaired) electrons. The molecule has 90 valence electrons. The zero-order chi connectivity index (χ0) is 12.3. The lowest BCUT2D eigenvalue weighted by atomic mass is 10.1. The summed E-state index contributed by atoms with van der Waals surface area (Å²) in [5.41, 5.74) is 6.59. The molecule has 4 heteroatoms. The van der Waals surface area contributed by atoms with Gasteiger partial charge in [0.25, 0.3) is 0 Å². The van der Waals surface area contributed by atoms with E-state index in [4.69, 9.17) is 5.73 Å². The first-order valence-electron chi connectivity index (χ1n) is 5.95. The van der Waals surface area contributed by atoms with Gasteiger partial charge in [-0.05, 0) is 13.8 Å². The van der Waals surface area contributed by atoms with Gasteiger partial charge in [0.2, 0.25) is 0 Å². The van der Waals surface area contributed by atoms with Crippen LogP contribution in [0.5, 0.6) is 0 Å². The van der Waals surface area contributed by atoms with Gasteiger partial charge < -0.3 is 10.6 Å². The van der Waals surface area contributed by atoms with E-state index in [1.165, 1.54) is 0 Å². The van der Waals surface area contributed by atoms with Crippen LogP contribution in [0.4, 0.5) is 5.82 Å². The van der Waals surface area contributed by atoms with E-state index in [0.717, 1.165) is 35.4 Å². The van der Waals surface area contributed by atoms with Crippen LogP contribution in [-0.4, -0.2) is 29.8 Å². The highest BCUT2D eigenvalue weighted by Gasteiger charge is 2.11. The Morgan fingerprint density at radius 3 is 2.53 bits per heavy atom. The number of benzene rings is 1. The van der Waals surface area contributed by atoms with Gasteiger partial charge in [0, 0.05) is 30.4 Å². The quantitative estimate of drug-likeness (QED) is 0.869. The molecule has 0 aliphatic heterocycles. The van der Waals surface area contributed by atoms with E-state index >= 15 is 0 Å². The number of likely N-dealkylation sites (N-methyl/N-ethyl adjacent to an activating group) is 1. The Bertz CT molecular complexity index is 510. The molecule has 17 heavy (non-hydrogen) atoms. The minimum Gasteiger partial charge on any atom is -0.354 e. The second-order valence-electron chi connectivity index (χ2n) is 4.02. The van der Waals surface area contributed by atoms with E-state index in [9.17, 15) is 0 Å². The van der Waals surface area contributed by atoms with Crippen molar-refractivity contribution >= 4 is 16.6 Å². The normalized spacial score (nSPS) is 10.8. The smallest absolute Gasteiger partial charge is 0.159 e. The summed E-state index contributed by atoms with van der Waals surface area (Å²) in [5.74, 6) is 0.930. The number of rotatable bonds is 4. The fourth-order valence-electron chi connectivity index (χ4n) is 2.03. The van der Waals surface area contributed by atoms with Gasteiger partial charge in [0.05, 0.1) is 5.69 Å². The summed E-state index contributed by atoms with van der Waals surface area (Å²) in [5, 5.41) is 10.9. The number of fused-ring (bicyclic) bond motifs is 1. The molecule has 0 unspecified atom stereocenters. The third-order valence-electron chi connectivity index (χ3n) is 2.93. The first-order valence-corrected chi connectivity index (χ1v) is 5.95. The first kappa shape index (κ1) is 11.8. The molecule has 0 saturated carbocycles. The van der Waals surface area contributed by atoms with Crippen molar-refractivity contribution in [2.75, 3.05) is 24.5 Å². The minimum absolute atomic E-state index is 0.623. The molecule has 2 rings (SSSR count). The van der Waals surface area contributed by atoms with Crippen molar-refractivity contribution in [2.45, 2.75) is 13.8 Å². The van der Waals surface area contributed by atoms with Gasteiger partial charge in [-0.2, -0.15) is 5.10 Å². The maximum atomic E-state index is 5.63. The van der Waals surface area contributed by atoms with E-state index in [-0.39, 0.29) is 0 Å². The molecule has 0 saturated heterocycles. The average Bonchev–Trinajstić information content (AvgIpc) is 2.37. The van der Waals surface area contributed by atoms with Gasteiger partial charge in [-0.25, -0.2) is 0 Å². The van der Waals surface area contributed by atoms with E-state index < -0.39 is 0 Å². The van der Waals surface area contributed by atoms with Crippen molar-refractivity contribution in [3.05, 3.63) is 30.0 Å². The second-order valence-corrected chi connectivity index (χ2v) is 4.02. The van der Waals surface area contributed by atoms with Crippen molar-refractivity contribution in [2.24, 2.45) is 5.73 Å². The zero-order valence-corrected chi connectivity index (χ0v) is 10.3. The molecule has 0 aliphatic carbocycles. The number of anilines is 1. The predicted octanol–water partition coefficient (Wildman–Crippen LogP) is 1.72. The third-order valence-corrected chi connectivity index (χ3v) is 2.93. The van der Waals surface area contributed by atoms with E-state index in [2.05, 4.69) is 34.2 Å². The molecule has 1 aromatic heterocycles. The number of aromatic nitrogens is 2. The summed E-state index contributed by atoms with van der Waals surface area (Å²) in [6.45, 7) is 6.40. The minimum atomic E-state index is 0.623. The molecule has 2 N–H and O–H groups in total. The summed E-state index contributed by atoms with van der Waals surface area (Å²) in [4.78, 5) is 2.16. The fraction of sp³-hybridized carbons (Fsp3) is 0.385. The van der Waals surface area contributed by atoms with Crippen LogP contribution in [0, 0.1) is 6.92 Å². The maximum Gasteiger partial charge on any atom is 0.159 e. The van der Waals surface area contributed by atoms with Crippen molar-refractivity contribution in [3.63, 3.8) is 0 Å². The van der Waals surface area contributed by atoms with E-state index in [0.29, 0.717) is 6.54 Å². The Morgan fingerprint density at radius 2 is 1.88 bits per heavy atom. The van der Waals surface area contributed by atoms with Crippen molar-refractivity contribution < 1.29 is 0 Å². The standard InChI is InChI=1S/C13H18N4/c1-3-17(9-8-14)13-12-7-5-4-6-11(12)10(2)15-16-13/h4-7H,3,8-9,14H2,1-2H3.